The van der Waals surface area contributed by atoms with Gasteiger partial charge < -0.3 is 14.6 Å². The van der Waals surface area contributed by atoms with Crippen LogP contribution in [0.4, 0.5) is 5.69 Å². The number of benzene rings is 2. The highest BCUT2D eigenvalue weighted by Gasteiger charge is 2.16. The van der Waals surface area contributed by atoms with Crippen LogP contribution in [0.2, 0.25) is 0 Å². The molecule has 3 rings (SSSR count). The van der Waals surface area contributed by atoms with E-state index in [9.17, 15) is 9.59 Å². The minimum Gasteiger partial charge on any atom is -0.422 e. The van der Waals surface area contributed by atoms with Gasteiger partial charge in [0.2, 0.25) is 0 Å². The first-order chi connectivity index (χ1) is 13.9. The molecule has 0 aliphatic carbocycles. The number of nitrogens with one attached hydrogen (secondary N) is 1. The first kappa shape index (κ1) is 20.6. The van der Waals surface area contributed by atoms with Crippen molar-refractivity contribution < 1.29 is 9.21 Å². The molecule has 0 unspecified atom stereocenters. The summed E-state index contributed by atoms with van der Waals surface area (Å²) < 4.78 is 5.57. The number of carbonyl (C=O) groups is 1. The standard InChI is InChI=1S/C24H26N2O3/c1-5-7-20-17(6-2)10-11-18-14-21(24(28)29-22(18)20)23(27)25-19-12-8-16(9-13-19)15-26(3)4/h5,8-14H,1,6-7,15H2,2-4H3,(H,25,27). The molecule has 5 nitrogen and oxygen atoms in total. The van der Waals surface area contributed by atoms with Crippen molar-refractivity contribution >= 4 is 22.6 Å². The Balaban J connectivity index is 1.91. The van der Waals surface area contributed by atoms with Gasteiger partial charge >= 0.3 is 5.63 Å². The van der Waals surface area contributed by atoms with E-state index in [2.05, 4.69) is 23.7 Å². The van der Waals surface area contributed by atoms with Gasteiger partial charge in [0.05, 0.1) is 0 Å². The Labute approximate surface area is 170 Å². The maximum Gasteiger partial charge on any atom is 0.349 e. The molecule has 0 aliphatic rings. The van der Waals surface area contributed by atoms with Crippen molar-refractivity contribution in [2.45, 2.75) is 26.3 Å². The summed E-state index contributed by atoms with van der Waals surface area (Å²) in [6, 6.07) is 13.1. The third kappa shape index (κ3) is 4.63. The molecule has 0 aliphatic heterocycles. The predicted molar refractivity (Wildman–Crippen MR) is 118 cm³/mol. The van der Waals surface area contributed by atoms with Crippen molar-refractivity contribution in [3.8, 4) is 0 Å². The third-order valence-electron chi connectivity index (χ3n) is 4.79. The minimum atomic E-state index is -0.641. The van der Waals surface area contributed by atoms with Crippen molar-refractivity contribution in [1.29, 1.82) is 0 Å². The van der Waals surface area contributed by atoms with E-state index in [4.69, 9.17) is 4.42 Å². The second kappa shape index (κ2) is 8.88. The van der Waals surface area contributed by atoms with E-state index in [1.807, 2.05) is 50.5 Å². The molecule has 0 atom stereocenters. The molecule has 5 heteroatoms. The van der Waals surface area contributed by atoms with E-state index in [1.54, 1.807) is 12.1 Å². The molecular weight excluding hydrogens is 364 g/mol. The Morgan fingerprint density at radius 3 is 2.52 bits per heavy atom. The fraction of sp³-hybridized carbons (Fsp3) is 0.250. The Morgan fingerprint density at radius 2 is 1.90 bits per heavy atom. The first-order valence-electron chi connectivity index (χ1n) is 9.67. The smallest absolute Gasteiger partial charge is 0.349 e. The number of hydrogen-bond acceptors (Lipinski definition) is 4. The quantitative estimate of drug-likeness (QED) is 0.480. The molecule has 1 amide bonds. The van der Waals surface area contributed by atoms with Gasteiger partial charge in [-0.2, -0.15) is 0 Å². The fourth-order valence-corrected chi connectivity index (χ4v) is 3.40. The van der Waals surface area contributed by atoms with Gasteiger partial charge in [-0.05, 0) is 56.3 Å². The van der Waals surface area contributed by atoms with Crippen LogP contribution in [-0.2, 0) is 19.4 Å². The normalized spacial score (nSPS) is 11.0. The van der Waals surface area contributed by atoms with Gasteiger partial charge in [0.1, 0.15) is 11.1 Å². The molecule has 29 heavy (non-hydrogen) atoms. The van der Waals surface area contributed by atoms with E-state index in [1.165, 1.54) is 0 Å². The van der Waals surface area contributed by atoms with Crippen molar-refractivity contribution in [2.75, 3.05) is 19.4 Å². The number of aryl methyl sites for hydroxylation is 1. The highest BCUT2D eigenvalue weighted by atomic mass is 16.4. The van der Waals surface area contributed by atoms with Gasteiger partial charge in [-0.15, -0.1) is 6.58 Å². The fourth-order valence-electron chi connectivity index (χ4n) is 3.40. The van der Waals surface area contributed by atoms with E-state index < -0.39 is 11.5 Å². The lowest BCUT2D eigenvalue weighted by Crippen LogP contribution is -2.21. The van der Waals surface area contributed by atoms with Gasteiger partial charge in [-0.3, -0.25) is 4.79 Å². The average molecular weight is 390 g/mol. The highest BCUT2D eigenvalue weighted by Crippen LogP contribution is 2.24. The number of allylic oxidation sites excluding steroid dienone is 1. The van der Waals surface area contributed by atoms with Crippen molar-refractivity contribution in [3.63, 3.8) is 0 Å². The van der Waals surface area contributed by atoms with Crippen LogP contribution in [0.3, 0.4) is 0 Å². The summed E-state index contributed by atoms with van der Waals surface area (Å²) in [5.41, 5.74) is 3.70. The average Bonchev–Trinajstić information content (AvgIpc) is 2.69. The van der Waals surface area contributed by atoms with Gasteiger partial charge in [-0.25, -0.2) is 4.79 Å². The molecule has 1 heterocycles. The number of carbonyl (C=O) groups excluding carboxylic acids is 1. The molecule has 0 radical (unpaired) electrons. The predicted octanol–water partition coefficient (Wildman–Crippen LogP) is 4.40. The zero-order valence-corrected chi connectivity index (χ0v) is 17.1. The van der Waals surface area contributed by atoms with Crippen LogP contribution in [0.1, 0.15) is 34.0 Å². The van der Waals surface area contributed by atoms with Gasteiger partial charge in [0, 0.05) is 23.2 Å². The molecule has 2 aromatic carbocycles. The Kier molecular flexibility index (Phi) is 6.29. The summed E-state index contributed by atoms with van der Waals surface area (Å²) in [4.78, 5) is 27.3. The van der Waals surface area contributed by atoms with Crippen molar-refractivity contribution in [2.24, 2.45) is 0 Å². The highest BCUT2D eigenvalue weighted by molar-refractivity contribution is 6.05. The van der Waals surface area contributed by atoms with Crippen molar-refractivity contribution in [1.82, 2.24) is 4.90 Å². The lowest BCUT2D eigenvalue weighted by molar-refractivity contribution is 0.102. The maximum atomic E-state index is 12.7. The van der Waals surface area contributed by atoms with Crippen LogP contribution < -0.4 is 10.9 Å². The van der Waals surface area contributed by atoms with Gasteiger partial charge in [-0.1, -0.05) is 37.3 Å². The number of rotatable bonds is 7. The number of fused-ring (bicyclic) bond motifs is 1. The second-order valence-corrected chi connectivity index (χ2v) is 7.30. The minimum absolute atomic E-state index is 0.0105. The zero-order valence-electron chi connectivity index (χ0n) is 17.1. The molecule has 1 aromatic heterocycles. The largest absolute Gasteiger partial charge is 0.422 e. The summed E-state index contributed by atoms with van der Waals surface area (Å²) in [5.74, 6) is -0.481. The van der Waals surface area contributed by atoms with Crippen LogP contribution in [0, 0.1) is 0 Å². The zero-order chi connectivity index (χ0) is 21.0. The molecule has 0 spiro atoms. The Morgan fingerprint density at radius 1 is 1.17 bits per heavy atom. The van der Waals surface area contributed by atoms with Crippen LogP contribution >= 0.6 is 0 Å². The molecule has 0 bridgehead atoms. The number of nitrogens with zero attached hydrogens (tertiary/aromatic N) is 1. The van der Waals surface area contributed by atoms with Gasteiger partial charge in [0.15, 0.2) is 0 Å². The van der Waals surface area contributed by atoms with Crippen LogP contribution in [0.25, 0.3) is 11.0 Å². The molecule has 0 fully saturated rings. The topological polar surface area (TPSA) is 62.6 Å². The molecule has 0 saturated carbocycles. The van der Waals surface area contributed by atoms with E-state index in [0.29, 0.717) is 17.7 Å². The Hall–Kier alpha value is -3.18. The molecule has 150 valence electrons. The summed E-state index contributed by atoms with van der Waals surface area (Å²) in [7, 11) is 4.00. The molecule has 1 N–H and O–H groups in total. The van der Waals surface area contributed by atoms with E-state index in [-0.39, 0.29) is 5.56 Å². The number of amides is 1. The first-order valence-corrected chi connectivity index (χ1v) is 9.67. The number of hydrogen-bond donors (Lipinski definition) is 1. The molecule has 0 saturated heterocycles. The monoisotopic (exact) mass is 390 g/mol. The summed E-state index contributed by atoms with van der Waals surface area (Å²) in [6.45, 7) is 6.66. The Bertz CT molecular complexity index is 1100. The SMILES string of the molecule is C=CCc1c(CC)ccc2cc(C(=O)Nc3ccc(CN(C)C)cc3)c(=O)oc12. The van der Waals surface area contributed by atoms with E-state index in [0.717, 1.165) is 35.0 Å². The molecule has 3 aromatic rings. The van der Waals surface area contributed by atoms with Crippen LogP contribution in [0.5, 0.6) is 0 Å². The third-order valence-corrected chi connectivity index (χ3v) is 4.79. The second-order valence-electron chi connectivity index (χ2n) is 7.30. The summed E-state index contributed by atoms with van der Waals surface area (Å²) >= 11 is 0. The van der Waals surface area contributed by atoms with Crippen LogP contribution in [0.15, 0.2) is 64.3 Å². The maximum absolute atomic E-state index is 12.7. The van der Waals surface area contributed by atoms with Crippen LogP contribution in [-0.4, -0.2) is 24.9 Å². The van der Waals surface area contributed by atoms with Crippen molar-refractivity contribution in [3.05, 3.63) is 87.8 Å². The van der Waals surface area contributed by atoms with E-state index >= 15 is 0 Å². The summed E-state index contributed by atoms with van der Waals surface area (Å²) in [5, 5.41) is 3.50. The van der Waals surface area contributed by atoms with Gasteiger partial charge in [0.25, 0.3) is 5.91 Å². The lowest BCUT2D eigenvalue weighted by Gasteiger charge is -2.11. The summed E-state index contributed by atoms with van der Waals surface area (Å²) in [6.07, 6.45) is 3.22. The molecular formula is C24H26N2O3. The lowest BCUT2D eigenvalue weighted by atomic mass is 9.99. The number of anilines is 1.